The molecule has 0 aliphatic carbocycles. The highest BCUT2D eigenvalue weighted by Gasteiger charge is 2.12. The molecule has 0 aliphatic heterocycles. The number of fused-ring (bicyclic) bond motifs is 1. The van der Waals surface area contributed by atoms with Crippen LogP contribution in [0.15, 0.2) is 56.6 Å². The summed E-state index contributed by atoms with van der Waals surface area (Å²) in [7, 11) is 0. The van der Waals surface area contributed by atoms with Gasteiger partial charge >= 0.3 is 0 Å². The number of rotatable bonds is 7. The zero-order valence-electron chi connectivity index (χ0n) is 16.1. The van der Waals surface area contributed by atoms with Gasteiger partial charge in [-0.05, 0) is 43.2 Å². The highest BCUT2D eigenvalue weighted by molar-refractivity contribution is 7.98. The summed E-state index contributed by atoms with van der Waals surface area (Å²) < 4.78 is 11.0. The van der Waals surface area contributed by atoms with Crippen molar-refractivity contribution in [2.45, 2.75) is 37.7 Å². The van der Waals surface area contributed by atoms with Crippen molar-refractivity contribution in [3.63, 3.8) is 0 Å². The Morgan fingerprint density at radius 1 is 1.14 bits per heavy atom. The van der Waals surface area contributed by atoms with Gasteiger partial charge in [0.1, 0.15) is 5.52 Å². The van der Waals surface area contributed by atoms with Crippen LogP contribution in [0, 0.1) is 13.8 Å². The van der Waals surface area contributed by atoms with Crippen molar-refractivity contribution in [1.29, 1.82) is 0 Å². The molecule has 0 saturated heterocycles. The molecule has 0 unspecified atom stereocenters. The molecule has 29 heavy (non-hydrogen) atoms. The maximum atomic E-state index is 12.1. The number of nitrogens with zero attached hydrogens (tertiary/aromatic N) is 3. The van der Waals surface area contributed by atoms with Crippen molar-refractivity contribution in [3.05, 3.63) is 65.3 Å². The van der Waals surface area contributed by atoms with Crippen LogP contribution in [0.25, 0.3) is 11.1 Å². The number of oxazole rings is 1. The topological polar surface area (TPSA) is 94.0 Å². The van der Waals surface area contributed by atoms with E-state index in [0.717, 1.165) is 27.9 Å². The van der Waals surface area contributed by atoms with Gasteiger partial charge in [0, 0.05) is 18.5 Å². The van der Waals surface area contributed by atoms with Crippen LogP contribution in [0.2, 0.25) is 0 Å². The fourth-order valence-corrected chi connectivity index (χ4v) is 3.48. The molecule has 2 aromatic heterocycles. The summed E-state index contributed by atoms with van der Waals surface area (Å²) in [5, 5.41) is 7.43. The number of aryl methyl sites for hydroxylation is 3. The molecule has 0 radical (unpaired) electrons. The Labute approximate surface area is 171 Å². The molecule has 0 aliphatic rings. The molecule has 4 aromatic rings. The summed E-state index contributed by atoms with van der Waals surface area (Å²) >= 11 is 1.40. The SMILES string of the molecule is Cc1ccc2oc(SCc3noc(CCC(=O)Nc4ccccc4C)n3)nc2c1. The minimum atomic E-state index is -0.0878. The molecule has 1 amide bonds. The maximum absolute atomic E-state index is 12.1. The summed E-state index contributed by atoms with van der Waals surface area (Å²) in [4.78, 5) is 20.9. The third kappa shape index (κ3) is 4.83. The van der Waals surface area contributed by atoms with Crippen LogP contribution >= 0.6 is 11.8 Å². The second-order valence-electron chi connectivity index (χ2n) is 6.71. The average molecular weight is 408 g/mol. The van der Waals surface area contributed by atoms with Crippen LogP contribution in [0.1, 0.15) is 29.3 Å². The average Bonchev–Trinajstić information content (AvgIpc) is 3.32. The van der Waals surface area contributed by atoms with Crippen molar-refractivity contribution in [3.8, 4) is 0 Å². The standard InChI is InChI=1S/C21H20N4O3S/c1-13-7-8-17-16(11-13)23-21(27-17)29-12-18-24-20(28-25-18)10-9-19(26)22-15-6-4-3-5-14(15)2/h3-8,11H,9-10,12H2,1-2H3,(H,22,26). The Balaban J connectivity index is 1.29. The number of hydrogen-bond donors (Lipinski definition) is 1. The molecule has 0 spiro atoms. The van der Waals surface area contributed by atoms with Gasteiger partial charge in [-0.25, -0.2) is 4.98 Å². The zero-order chi connectivity index (χ0) is 20.2. The summed E-state index contributed by atoms with van der Waals surface area (Å²) in [6.07, 6.45) is 0.658. The molecule has 4 rings (SSSR count). The molecule has 0 fully saturated rings. The fourth-order valence-electron chi connectivity index (χ4n) is 2.80. The van der Waals surface area contributed by atoms with Crippen molar-refractivity contribution >= 4 is 34.5 Å². The Morgan fingerprint density at radius 2 is 2.00 bits per heavy atom. The third-order valence-corrected chi connectivity index (χ3v) is 5.17. The van der Waals surface area contributed by atoms with Crippen LogP contribution in [0.3, 0.4) is 0 Å². The molecular weight excluding hydrogens is 388 g/mol. The van der Waals surface area contributed by atoms with Gasteiger partial charge in [-0.15, -0.1) is 0 Å². The number of aromatic nitrogens is 3. The monoisotopic (exact) mass is 408 g/mol. The second kappa shape index (κ2) is 8.48. The molecule has 0 atom stereocenters. The molecule has 148 valence electrons. The van der Waals surface area contributed by atoms with Crippen molar-refractivity contribution in [2.75, 3.05) is 5.32 Å². The Hall–Kier alpha value is -3.13. The number of benzene rings is 2. The zero-order valence-corrected chi connectivity index (χ0v) is 17.0. The number of carbonyl (C=O) groups excluding carboxylic acids is 1. The first kappa shape index (κ1) is 19.2. The van der Waals surface area contributed by atoms with E-state index in [-0.39, 0.29) is 12.3 Å². The van der Waals surface area contributed by atoms with Crippen LogP contribution < -0.4 is 5.32 Å². The number of nitrogens with one attached hydrogen (secondary N) is 1. The minimum Gasteiger partial charge on any atom is -0.431 e. The summed E-state index contributed by atoms with van der Waals surface area (Å²) in [6, 6.07) is 13.5. The van der Waals surface area contributed by atoms with E-state index in [9.17, 15) is 4.79 Å². The quantitative estimate of drug-likeness (QED) is 0.443. The van der Waals surface area contributed by atoms with Gasteiger partial charge in [-0.2, -0.15) is 4.98 Å². The van der Waals surface area contributed by atoms with E-state index in [1.54, 1.807) is 0 Å². The number of thioether (sulfide) groups is 1. The van der Waals surface area contributed by atoms with Crippen LogP contribution in [0.4, 0.5) is 5.69 Å². The van der Waals surface area contributed by atoms with Crippen molar-refractivity contribution < 1.29 is 13.7 Å². The third-order valence-electron chi connectivity index (χ3n) is 4.34. The molecule has 8 heteroatoms. The molecule has 1 N–H and O–H groups in total. The normalized spacial score (nSPS) is 11.1. The molecule has 7 nitrogen and oxygen atoms in total. The Kier molecular flexibility index (Phi) is 5.62. The lowest BCUT2D eigenvalue weighted by atomic mass is 10.2. The summed E-state index contributed by atoms with van der Waals surface area (Å²) in [5.74, 6) is 1.37. The van der Waals surface area contributed by atoms with Crippen LogP contribution in [-0.4, -0.2) is 21.0 Å². The second-order valence-corrected chi connectivity index (χ2v) is 7.63. The number of hydrogen-bond acceptors (Lipinski definition) is 7. The lowest BCUT2D eigenvalue weighted by Gasteiger charge is -2.06. The molecule has 0 saturated carbocycles. The highest BCUT2D eigenvalue weighted by Crippen LogP contribution is 2.26. The van der Waals surface area contributed by atoms with E-state index in [2.05, 4.69) is 20.4 Å². The van der Waals surface area contributed by atoms with E-state index in [1.807, 2.05) is 56.3 Å². The Morgan fingerprint density at radius 3 is 2.86 bits per heavy atom. The van der Waals surface area contributed by atoms with E-state index < -0.39 is 0 Å². The smallest absolute Gasteiger partial charge is 0.257 e. The van der Waals surface area contributed by atoms with E-state index in [1.165, 1.54) is 11.8 Å². The summed E-state index contributed by atoms with van der Waals surface area (Å²) in [5.41, 5.74) is 4.56. The van der Waals surface area contributed by atoms with Gasteiger partial charge in [-0.1, -0.05) is 41.2 Å². The van der Waals surface area contributed by atoms with Gasteiger partial charge < -0.3 is 14.3 Å². The largest absolute Gasteiger partial charge is 0.431 e. The first-order valence-electron chi connectivity index (χ1n) is 9.24. The van der Waals surface area contributed by atoms with Gasteiger partial charge in [0.25, 0.3) is 5.22 Å². The first-order valence-corrected chi connectivity index (χ1v) is 10.2. The fraction of sp³-hybridized carbons (Fsp3) is 0.238. The number of amides is 1. The lowest BCUT2D eigenvalue weighted by molar-refractivity contribution is -0.116. The van der Waals surface area contributed by atoms with Crippen molar-refractivity contribution in [1.82, 2.24) is 15.1 Å². The van der Waals surface area contributed by atoms with Crippen LogP contribution in [0.5, 0.6) is 0 Å². The number of anilines is 1. The predicted octanol–water partition coefficient (Wildman–Crippen LogP) is 4.69. The van der Waals surface area contributed by atoms with Gasteiger partial charge in [0.05, 0.1) is 5.75 Å². The summed E-state index contributed by atoms with van der Waals surface area (Å²) in [6.45, 7) is 3.97. The Bertz CT molecular complexity index is 1150. The van der Waals surface area contributed by atoms with Crippen molar-refractivity contribution in [2.24, 2.45) is 0 Å². The minimum absolute atomic E-state index is 0.0878. The predicted molar refractivity (Wildman–Crippen MR) is 111 cm³/mol. The van der Waals surface area contributed by atoms with E-state index in [4.69, 9.17) is 8.94 Å². The lowest BCUT2D eigenvalue weighted by Crippen LogP contribution is -2.13. The van der Waals surface area contributed by atoms with E-state index >= 15 is 0 Å². The number of para-hydroxylation sites is 1. The van der Waals surface area contributed by atoms with Crippen LogP contribution in [-0.2, 0) is 17.0 Å². The maximum Gasteiger partial charge on any atom is 0.257 e. The van der Waals surface area contributed by atoms with Gasteiger partial charge in [0.15, 0.2) is 11.4 Å². The number of carbonyl (C=O) groups is 1. The molecule has 0 bridgehead atoms. The molecule has 2 heterocycles. The van der Waals surface area contributed by atoms with Gasteiger partial charge in [0.2, 0.25) is 11.8 Å². The highest BCUT2D eigenvalue weighted by atomic mass is 32.2. The van der Waals surface area contributed by atoms with E-state index in [0.29, 0.717) is 29.1 Å². The molecule has 2 aromatic carbocycles. The molecular formula is C21H20N4O3S. The van der Waals surface area contributed by atoms with Gasteiger partial charge in [-0.3, -0.25) is 4.79 Å². The first-order chi connectivity index (χ1) is 14.1.